The van der Waals surface area contributed by atoms with Gasteiger partial charge in [0.25, 0.3) is 0 Å². The van der Waals surface area contributed by atoms with Crippen LogP contribution in [0.4, 0.5) is 0 Å². The van der Waals surface area contributed by atoms with Crippen molar-refractivity contribution in [2.45, 2.75) is 6.92 Å². The fourth-order valence-electron chi connectivity index (χ4n) is 1.37. The molecule has 1 aromatic heterocycles. The van der Waals surface area contributed by atoms with Crippen LogP contribution in [0.1, 0.15) is 16.6 Å². The molecule has 0 atom stereocenters. The second-order valence-electron chi connectivity index (χ2n) is 3.47. The van der Waals surface area contributed by atoms with Crippen LogP contribution in [0.25, 0.3) is 0 Å². The van der Waals surface area contributed by atoms with Crippen LogP contribution in [0.15, 0.2) is 17.5 Å². The van der Waals surface area contributed by atoms with Gasteiger partial charge in [0, 0.05) is 13.1 Å². The highest BCUT2D eigenvalue weighted by molar-refractivity contribution is 7.12. The number of ketones is 1. The molecule has 1 aliphatic heterocycles. The molecule has 1 saturated heterocycles. The molecule has 2 nitrogen and oxygen atoms in total. The van der Waals surface area contributed by atoms with Gasteiger partial charge >= 0.3 is 0 Å². The third-order valence-electron chi connectivity index (χ3n) is 2.32. The number of rotatable bonds is 2. The first-order chi connectivity index (χ1) is 5.72. The molecule has 1 aromatic rings. The van der Waals surface area contributed by atoms with Crippen LogP contribution in [0.5, 0.6) is 0 Å². The van der Waals surface area contributed by atoms with Crippen molar-refractivity contribution in [1.29, 1.82) is 0 Å². The molecular formula is C9H11NOS. The van der Waals surface area contributed by atoms with Gasteiger partial charge in [-0.05, 0) is 18.4 Å². The summed E-state index contributed by atoms with van der Waals surface area (Å²) >= 11 is 1.53. The van der Waals surface area contributed by atoms with E-state index in [1.165, 1.54) is 11.3 Å². The number of hydrogen-bond donors (Lipinski definition) is 1. The first-order valence-corrected chi connectivity index (χ1v) is 4.89. The molecule has 0 aliphatic carbocycles. The molecule has 0 bridgehead atoms. The third-order valence-corrected chi connectivity index (χ3v) is 3.19. The largest absolute Gasteiger partial charge is 0.315 e. The van der Waals surface area contributed by atoms with Gasteiger partial charge < -0.3 is 5.32 Å². The highest BCUT2D eigenvalue weighted by Crippen LogP contribution is 2.28. The molecule has 0 saturated carbocycles. The van der Waals surface area contributed by atoms with Gasteiger partial charge in [-0.25, -0.2) is 0 Å². The molecule has 2 rings (SSSR count). The normalized spacial score (nSPS) is 20.1. The first-order valence-electron chi connectivity index (χ1n) is 4.01. The molecule has 1 N–H and O–H groups in total. The standard InChI is InChI=1S/C9H11NOS/c1-9(5-10-6-9)8(11)7-3-2-4-12-7/h2-4,10H,5-6H2,1H3. The van der Waals surface area contributed by atoms with E-state index in [0.717, 1.165) is 18.0 Å². The predicted molar refractivity (Wildman–Crippen MR) is 49.6 cm³/mol. The molecule has 0 radical (unpaired) electrons. The summed E-state index contributed by atoms with van der Waals surface area (Å²) in [4.78, 5) is 12.7. The van der Waals surface area contributed by atoms with Crippen molar-refractivity contribution in [3.05, 3.63) is 22.4 Å². The van der Waals surface area contributed by atoms with Gasteiger partial charge in [0.15, 0.2) is 5.78 Å². The molecule has 0 aromatic carbocycles. The van der Waals surface area contributed by atoms with E-state index in [1.807, 2.05) is 24.4 Å². The Labute approximate surface area is 75.6 Å². The maximum absolute atomic E-state index is 11.8. The maximum atomic E-state index is 11.8. The van der Waals surface area contributed by atoms with Crippen LogP contribution in [0.2, 0.25) is 0 Å². The molecule has 2 heterocycles. The number of thiophene rings is 1. The average Bonchev–Trinajstić information content (AvgIpc) is 2.50. The van der Waals surface area contributed by atoms with Gasteiger partial charge in [-0.2, -0.15) is 0 Å². The van der Waals surface area contributed by atoms with Gasteiger partial charge in [0.2, 0.25) is 0 Å². The number of hydrogen-bond acceptors (Lipinski definition) is 3. The maximum Gasteiger partial charge on any atom is 0.181 e. The smallest absolute Gasteiger partial charge is 0.181 e. The van der Waals surface area contributed by atoms with Crippen LogP contribution < -0.4 is 5.32 Å². The topological polar surface area (TPSA) is 29.1 Å². The zero-order valence-corrected chi connectivity index (χ0v) is 7.78. The summed E-state index contributed by atoms with van der Waals surface area (Å²) in [7, 11) is 0. The van der Waals surface area contributed by atoms with Crippen molar-refractivity contribution < 1.29 is 4.79 Å². The highest BCUT2D eigenvalue weighted by Gasteiger charge is 2.39. The van der Waals surface area contributed by atoms with E-state index in [1.54, 1.807) is 0 Å². The average molecular weight is 181 g/mol. The summed E-state index contributed by atoms with van der Waals surface area (Å²) in [5.74, 6) is 0.288. The second-order valence-corrected chi connectivity index (χ2v) is 4.42. The molecule has 1 fully saturated rings. The number of carbonyl (C=O) groups excluding carboxylic acids is 1. The van der Waals surface area contributed by atoms with Crippen LogP contribution >= 0.6 is 11.3 Å². The van der Waals surface area contributed by atoms with E-state index >= 15 is 0 Å². The molecular weight excluding hydrogens is 170 g/mol. The van der Waals surface area contributed by atoms with Crippen molar-refractivity contribution in [2.24, 2.45) is 5.41 Å². The number of carbonyl (C=O) groups is 1. The summed E-state index contributed by atoms with van der Waals surface area (Å²) in [6.07, 6.45) is 0. The molecule has 64 valence electrons. The van der Waals surface area contributed by atoms with Gasteiger partial charge in [0.05, 0.1) is 10.3 Å². The van der Waals surface area contributed by atoms with E-state index in [2.05, 4.69) is 5.32 Å². The Kier molecular flexibility index (Phi) is 1.77. The monoisotopic (exact) mass is 181 g/mol. The Balaban J connectivity index is 2.20. The van der Waals surface area contributed by atoms with Gasteiger partial charge in [-0.1, -0.05) is 6.07 Å². The van der Waals surface area contributed by atoms with Crippen LogP contribution in [-0.2, 0) is 0 Å². The molecule has 0 amide bonds. The number of nitrogens with one attached hydrogen (secondary N) is 1. The predicted octanol–water partition coefficient (Wildman–Crippen LogP) is 1.54. The zero-order chi connectivity index (χ0) is 8.60. The SMILES string of the molecule is CC1(C(=O)c2cccs2)CNC1. The third kappa shape index (κ3) is 1.09. The highest BCUT2D eigenvalue weighted by atomic mass is 32.1. The minimum absolute atomic E-state index is 0.134. The Morgan fingerprint density at radius 3 is 2.83 bits per heavy atom. The lowest BCUT2D eigenvalue weighted by Gasteiger charge is -2.37. The fraction of sp³-hybridized carbons (Fsp3) is 0.444. The van der Waals surface area contributed by atoms with Crippen LogP contribution in [0, 0.1) is 5.41 Å². The van der Waals surface area contributed by atoms with Gasteiger partial charge in [-0.3, -0.25) is 4.79 Å². The van der Waals surface area contributed by atoms with E-state index in [-0.39, 0.29) is 11.2 Å². The molecule has 0 spiro atoms. The Bertz CT molecular complexity index is 287. The van der Waals surface area contributed by atoms with Gasteiger partial charge in [-0.15, -0.1) is 11.3 Å². The Morgan fingerprint density at radius 1 is 1.67 bits per heavy atom. The summed E-state index contributed by atoms with van der Waals surface area (Å²) in [6, 6.07) is 3.82. The van der Waals surface area contributed by atoms with Crippen molar-refractivity contribution in [1.82, 2.24) is 5.32 Å². The van der Waals surface area contributed by atoms with E-state index in [4.69, 9.17) is 0 Å². The van der Waals surface area contributed by atoms with Crippen LogP contribution in [-0.4, -0.2) is 18.9 Å². The van der Waals surface area contributed by atoms with Crippen molar-refractivity contribution >= 4 is 17.1 Å². The molecule has 0 unspecified atom stereocenters. The summed E-state index contributed by atoms with van der Waals surface area (Å²) in [5, 5.41) is 5.08. The van der Waals surface area contributed by atoms with Gasteiger partial charge in [0.1, 0.15) is 0 Å². The van der Waals surface area contributed by atoms with Crippen molar-refractivity contribution in [2.75, 3.05) is 13.1 Å². The minimum Gasteiger partial charge on any atom is -0.315 e. The lowest BCUT2D eigenvalue weighted by atomic mass is 9.79. The van der Waals surface area contributed by atoms with Crippen LogP contribution in [0.3, 0.4) is 0 Å². The number of Topliss-reactive ketones (excluding diaryl/α,β-unsaturated/α-hetero) is 1. The quantitative estimate of drug-likeness (QED) is 0.701. The van der Waals surface area contributed by atoms with E-state index < -0.39 is 0 Å². The Morgan fingerprint density at radius 2 is 2.42 bits per heavy atom. The lowest BCUT2D eigenvalue weighted by molar-refractivity contribution is 0.0726. The van der Waals surface area contributed by atoms with E-state index in [9.17, 15) is 4.79 Å². The second kappa shape index (κ2) is 2.68. The Hall–Kier alpha value is -0.670. The summed E-state index contributed by atoms with van der Waals surface area (Å²) in [5.41, 5.74) is -0.134. The summed E-state index contributed by atoms with van der Waals surface area (Å²) < 4.78 is 0. The fourth-order valence-corrected chi connectivity index (χ4v) is 2.18. The van der Waals surface area contributed by atoms with Crippen molar-refractivity contribution in [3.8, 4) is 0 Å². The first kappa shape index (κ1) is 7.95. The zero-order valence-electron chi connectivity index (χ0n) is 6.96. The van der Waals surface area contributed by atoms with Crippen molar-refractivity contribution in [3.63, 3.8) is 0 Å². The lowest BCUT2D eigenvalue weighted by Crippen LogP contribution is -2.55. The van der Waals surface area contributed by atoms with E-state index in [0.29, 0.717) is 0 Å². The summed E-state index contributed by atoms with van der Waals surface area (Å²) in [6.45, 7) is 3.67. The molecule has 1 aliphatic rings. The molecule has 12 heavy (non-hydrogen) atoms. The minimum atomic E-state index is -0.134. The molecule has 3 heteroatoms.